The highest BCUT2D eigenvalue weighted by molar-refractivity contribution is 5.96. The number of halogens is 3. The van der Waals surface area contributed by atoms with Crippen LogP contribution in [0.5, 0.6) is 0 Å². The van der Waals surface area contributed by atoms with Crippen LogP contribution in [0.4, 0.5) is 23.7 Å². The van der Waals surface area contributed by atoms with Crippen molar-refractivity contribution in [2.45, 2.75) is 44.9 Å². The van der Waals surface area contributed by atoms with Crippen molar-refractivity contribution in [2.75, 3.05) is 18.4 Å². The fourth-order valence-corrected chi connectivity index (χ4v) is 3.66. The van der Waals surface area contributed by atoms with Crippen LogP contribution in [0.2, 0.25) is 0 Å². The second kappa shape index (κ2) is 10.6. The summed E-state index contributed by atoms with van der Waals surface area (Å²) < 4.78 is 39.7. The first-order valence-electron chi connectivity index (χ1n) is 11.0. The molecule has 1 aliphatic heterocycles. The van der Waals surface area contributed by atoms with E-state index in [0.717, 1.165) is 12.1 Å². The van der Waals surface area contributed by atoms with Crippen LogP contribution < -0.4 is 16.0 Å². The van der Waals surface area contributed by atoms with E-state index in [9.17, 15) is 27.6 Å². The molecule has 2 aromatic rings. The van der Waals surface area contributed by atoms with Crippen molar-refractivity contribution in [1.82, 2.24) is 15.5 Å². The van der Waals surface area contributed by atoms with Crippen LogP contribution in [0.15, 0.2) is 48.5 Å². The predicted octanol–water partition coefficient (Wildman–Crippen LogP) is 4.33. The van der Waals surface area contributed by atoms with Gasteiger partial charge in [0.2, 0.25) is 5.91 Å². The zero-order valence-corrected chi connectivity index (χ0v) is 18.9. The van der Waals surface area contributed by atoms with Gasteiger partial charge in [0.05, 0.1) is 11.6 Å². The fraction of sp³-hybridized carbons (Fsp3) is 0.375. The van der Waals surface area contributed by atoms with Gasteiger partial charge < -0.3 is 20.9 Å². The fourth-order valence-electron chi connectivity index (χ4n) is 3.66. The second-order valence-electron chi connectivity index (χ2n) is 8.42. The Morgan fingerprint density at radius 3 is 2.35 bits per heavy atom. The Balaban J connectivity index is 1.77. The molecule has 4 amide bonds. The van der Waals surface area contributed by atoms with Gasteiger partial charge >= 0.3 is 12.2 Å². The van der Waals surface area contributed by atoms with Crippen molar-refractivity contribution in [2.24, 2.45) is 0 Å². The zero-order valence-electron chi connectivity index (χ0n) is 18.9. The van der Waals surface area contributed by atoms with Crippen LogP contribution in [0.1, 0.15) is 54.2 Å². The summed E-state index contributed by atoms with van der Waals surface area (Å²) in [6.07, 6.45) is -3.48. The van der Waals surface area contributed by atoms with Gasteiger partial charge in [0.25, 0.3) is 5.91 Å². The first-order chi connectivity index (χ1) is 16.0. The highest BCUT2D eigenvalue weighted by Gasteiger charge is 2.32. The summed E-state index contributed by atoms with van der Waals surface area (Å²) in [6, 6.07) is 9.60. The summed E-state index contributed by atoms with van der Waals surface area (Å²) in [5.41, 5.74) is 0.171. The van der Waals surface area contributed by atoms with Crippen molar-refractivity contribution in [1.29, 1.82) is 0 Å². The van der Waals surface area contributed by atoms with E-state index >= 15 is 0 Å². The number of carbonyl (C=O) groups excluding carboxylic acids is 3. The van der Waals surface area contributed by atoms with E-state index in [2.05, 4.69) is 16.0 Å². The summed E-state index contributed by atoms with van der Waals surface area (Å²) in [6.45, 7) is 4.21. The van der Waals surface area contributed by atoms with Crippen molar-refractivity contribution in [3.8, 4) is 0 Å². The Hall–Kier alpha value is -3.56. The van der Waals surface area contributed by atoms with E-state index in [1.54, 1.807) is 17.0 Å². The molecule has 1 unspecified atom stereocenters. The van der Waals surface area contributed by atoms with E-state index in [4.69, 9.17) is 0 Å². The van der Waals surface area contributed by atoms with Gasteiger partial charge in [0, 0.05) is 36.8 Å². The Morgan fingerprint density at radius 1 is 1.06 bits per heavy atom. The first-order valence-corrected chi connectivity index (χ1v) is 11.0. The van der Waals surface area contributed by atoms with E-state index in [-0.39, 0.29) is 35.7 Å². The smallest absolute Gasteiger partial charge is 0.343 e. The van der Waals surface area contributed by atoms with Crippen LogP contribution >= 0.6 is 0 Å². The number of likely N-dealkylation sites (tertiary alicyclic amines) is 1. The Kier molecular flexibility index (Phi) is 7.80. The number of urea groups is 1. The van der Waals surface area contributed by atoms with Crippen LogP contribution in [0.25, 0.3) is 0 Å². The van der Waals surface area contributed by atoms with E-state index in [0.29, 0.717) is 25.1 Å². The van der Waals surface area contributed by atoms with Gasteiger partial charge in [-0.2, -0.15) is 13.2 Å². The van der Waals surface area contributed by atoms with Gasteiger partial charge in [0.15, 0.2) is 0 Å². The van der Waals surface area contributed by atoms with Gasteiger partial charge in [-0.05, 0) is 62.2 Å². The molecule has 2 aromatic carbocycles. The molecule has 7 nitrogen and oxygen atoms in total. The molecule has 0 saturated carbocycles. The molecule has 3 N–H and O–H groups in total. The first kappa shape index (κ1) is 25.1. The summed E-state index contributed by atoms with van der Waals surface area (Å²) in [5.74, 6) is -0.603. The molecule has 1 fully saturated rings. The zero-order chi connectivity index (χ0) is 24.9. The molecular formula is C24H27F3N4O3. The lowest BCUT2D eigenvalue weighted by atomic mass is 10.0. The molecule has 0 aliphatic carbocycles. The number of nitrogens with zero attached hydrogens (tertiary/aromatic N) is 1. The summed E-state index contributed by atoms with van der Waals surface area (Å²) in [7, 11) is 0. The van der Waals surface area contributed by atoms with E-state index in [1.165, 1.54) is 24.3 Å². The largest absolute Gasteiger partial charge is 0.416 e. The molecule has 34 heavy (non-hydrogen) atoms. The SMILES string of the molecule is CC(C)NC(=O)Nc1ccc(C(=O)NC(CN2CCCC2=O)c2cccc(C(F)(F)F)c2)cc1. The topological polar surface area (TPSA) is 90.5 Å². The molecule has 182 valence electrons. The van der Waals surface area contributed by atoms with Crippen molar-refractivity contribution in [3.05, 3.63) is 65.2 Å². The van der Waals surface area contributed by atoms with E-state index in [1.807, 2.05) is 13.8 Å². The molecule has 3 rings (SSSR count). The third kappa shape index (κ3) is 6.72. The maximum Gasteiger partial charge on any atom is 0.416 e. The Bertz CT molecular complexity index is 1040. The maximum atomic E-state index is 13.2. The quantitative estimate of drug-likeness (QED) is 0.556. The van der Waals surface area contributed by atoms with Crippen LogP contribution in [0, 0.1) is 0 Å². The lowest BCUT2D eigenvalue weighted by Crippen LogP contribution is -2.38. The molecule has 10 heteroatoms. The van der Waals surface area contributed by atoms with E-state index < -0.39 is 23.7 Å². The van der Waals surface area contributed by atoms with Gasteiger partial charge in [-0.1, -0.05) is 12.1 Å². The van der Waals surface area contributed by atoms with Gasteiger partial charge in [-0.25, -0.2) is 4.79 Å². The monoisotopic (exact) mass is 476 g/mol. The minimum Gasteiger partial charge on any atom is -0.343 e. The summed E-state index contributed by atoms with van der Waals surface area (Å²) in [4.78, 5) is 38.4. The van der Waals surface area contributed by atoms with Crippen molar-refractivity contribution < 1.29 is 27.6 Å². The molecule has 1 heterocycles. The minimum atomic E-state index is -4.53. The number of rotatable bonds is 7. The number of anilines is 1. The number of amides is 4. The molecule has 1 atom stereocenters. The standard InChI is InChI=1S/C24H27F3N4O3/c1-15(2)28-23(34)29-19-10-8-16(9-11-19)22(33)30-20(14-31-12-4-7-21(31)32)17-5-3-6-18(13-17)24(25,26)27/h3,5-6,8-11,13,15,20H,4,7,12,14H2,1-2H3,(H,30,33)(H2,28,29,34). The number of alkyl halides is 3. The maximum absolute atomic E-state index is 13.2. The molecular weight excluding hydrogens is 449 g/mol. The Morgan fingerprint density at radius 2 is 1.76 bits per heavy atom. The Labute approximate surface area is 195 Å². The van der Waals surface area contributed by atoms with Gasteiger partial charge in [-0.15, -0.1) is 0 Å². The lowest BCUT2D eigenvalue weighted by Gasteiger charge is -2.26. The lowest BCUT2D eigenvalue weighted by molar-refractivity contribution is -0.137. The highest BCUT2D eigenvalue weighted by atomic mass is 19.4. The number of nitrogens with one attached hydrogen (secondary N) is 3. The minimum absolute atomic E-state index is 0.0414. The average Bonchev–Trinajstić information content (AvgIpc) is 3.17. The molecule has 0 radical (unpaired) electrons. The number of hydrogen-bond donors (Lipinski definition) is 3. The molecule has 0 spiro atoms. The van der Waals surface area contributed by atoms with Crippen LogP contribution in [-0.2, 0) is 11.0 Å². The molecule has 1 aliphatic rings. The van der Waals surface area contributed by atoms with Gasteiger partial charge in [-0.3, -0.25) is 9.59 Å². The van der Waals surface area contributed by atoms with Crippen LogP contribution in [-0.4, -0.2) is 41.9 Å². The van der Waals surface area contributed by atoms with Crippen LogP contribution in [0.3, 0.4) is 0 Å². The molecule has 0 aromatic heterocycles. The highest BCUT2D eigenvalue weighted by Crippen LogP contribution is 2.31. The summed E-state index contributed by atoms with van der Waals surface area (Å²) in [5, 5.41) is 8.09. The van der Waals surface area contributed by atoms with Gasteiger partial charge in [0.1, 0.15) is 0 Å². The predicted molar refractivity (Wildman–Crippen MR) is 121 cm³/mol. The third-order valence-corrected chi connectivity index (χ3v) is 5.32. The number of carbonyl (C=O) groups is 3. The number of benzene rings is 2. The normalized spacial score (nSPS) is 14.8. The molecule has 1 saturated heterocycles. The second-order valence-corrected chi connectivity index (χ2v) is 8.42. The van der Waals surface area contributed by atoms with Crippen molar-refractivity contribution in [3.63, 3.8) is 0 Å². The average molecular weight is 476 g/mol. The molecule has 0 bridgehead atoms. The summed E-state index contributed by atoms with van der Waals surface area (Å²) >= 11 is 0. The third-order valence-electron chi connectivity index (χ3n) is 5.32. The number of hydrogen-bond acceptors (Lipinski definition) is 3. The van der Waals surface area contributed by atoms with Crippen molar-refractivity contribution >= 4 is 23.5 Å².